The predicted molar refractivity (Wildman–Crippen MR) is 61.6 cm³/mol. The summed E-state index contributed by atoms with van der Waals surface area (Å²) >= 11 is 0. The van der Waals surface area contributed by atoms with E-state index in [-0.39, 0.29) is 12.0 Å². The van der Waals surface area contributed by atoms with Gasteiger partial charge in [0.25, 0.3) is 0 Å². The molecule has 2 aliphatic rings. The number of nitrogens with one attached hydrogen (secondary N) is 2. The van der Waals surface area contributed by atoms with Gasteiger partial charge >= 0.3 is 6.09 Å². The van der Waals surface area contributed by atoms with Crippen LogP contribution in [0, 0.1) is 0 Å². The molecule has 2 N–H and O–H groups in total. The van der Waals surface area contributed by atoms with Crippen molar-refractivity contribution in [3.63, 3.8) is 0 Å². The Kier molecular flexibility index (Phi) is 2.77. The van der Waals surface area contributed by atoms with Gasteiger partial charge in [-0.3, -0.25) is 10.1 Å². The first-order valence-corrected chi connectivity index (χ1v) is 5.84. The minimum atomic E-state index is -0.588. The van der Waals surface area contributed by atoms with Gasteiger partial charge in [-0.1, -0.05) is 0 Å². The molecule has 6 heteroatoms. The lowest BCUT2D eigenvalue weighted by molar-refractivity contribution is -0.137. The van der Waals surface area contributed by atoms with E-state index >= 15 is 0 Å². The van der Waals surface area contributed by atoms with E-state index in [1.807, 2.05) is 20.8 Å². The summed E-state index contributed by atoms with van der Waals surface area (Å²) in [6.07, 6.45) is -0.349. The van der Waals surface area contributed by atoms with Crippen molar-refractivity contribution in [2.45, 2.75) is 31.9 Å². The Hall–Kier alpha value is -1.30. The lowest BCUT2D eigenvalue weighted by atomic mass is 9.89. The van der Waals surface area contributed by atoms with Crippen molar-refractivity contribution in [1.29, 1.82) is 0 Å². The van der Waals surface area contributed by atoms with Crippen LogP contribution in [-0.4, -0.2) is 54.2 Å². The average Bonchev–Trinajstić information content (AvgIpc) is 2.25. The molecule has 0 saturated carbocycles. The van der Waals surface area contributed by atoms with Crippen molar-refractivity contribution in [1.82, 2.24) is 15.5 Å². The van der Waals surface area contributed by atoms with Gasteiger partial charge in [-0.25, -0.2) is 4.79 Å². The van der Waals surface area contributed by atoms with E-state index in [9.17, 15) is 9.59 Å². The van der Waals surface area contributed by atoms with Crippen LogP contribution in [0.25, 0.3) is 0 Å². The average molecular weight is 241 g/mol. The Bertz CT molecular complexity index is 350. The highest BCUT2D eigenvalue weighted by atomic mass is 16.6. The van der Waals surface area contributed by atoms with Gasteiger partial charge in [-0.05, 0) is 20.8 Å². The van der Waals surface area contributed by atoms with Crippen LogP contribution in [0.15, 0.2) is 0 Å². The molecule has 0 aromatic heterocycles. The number of hydrogen-bond donors (Lipinski definition) is 2. The number of rotatable bonds is 0. The maximum absolute atomic E-state index is 11.9. The van der Waals surface area contributed by atoms with Crippen LogP contribution in [0.3, 0.4) is 0 Å². The largest absolute Gasteiger partial charge is 0.444 e. The fourth-order valence-corrected chi connectivity index (χ4v) is 2.02. The molecule has 0 unspecified atom stereocenters. The SMILES string of the molecule is CC(C)(C)OC(=O)N1CCN[C@]2(CNC2=O)C1. The first kappa shape index (κ1) is 12.2. The molecule has 0 aromatic rings. The molecule has 96 valence electrons. The minimum absolute atomic E-state index is 0.0363. The monoisotopic (exact) mass is 241 g/mol. The van der Waals surface area contributed by atoms with Crippen LogP contribution in [0.5, 0.6) is 0 Å². The topological polar surface area (TPSA) is 70.7 Å². The number of β-lactam (4-membered cyclic amide) rings is 1. The number of carbonyl (C=O) groups is 2. The minimum Gasteiger partial charge on any atom is -0.444 e. The second kappa shape index (κ2) is 3.87. The first-order valence-electron chi connectivity index (χ1n) is 5.84. The van der Waals surface area contributed by atoms with Crippen LogP contribution in [-0.2, 0) is 9.53 Å². The van der Waals surface area contributed by atoms with Gasteiger partial charge in [0.2, 0.25) is 5.91 Å². The standard InChI is InChI=1S/C11H19N3O3/c1-10(2,3)17-9(16)14-5-4-13-11(7-14)6-12-8(11)15/h13H,4-7H2,1-3H3,(H,12,15)/t11-/m1/s1. The molecular weight excluding hydrogens is 222 g/mol. The number of ether oxygens (including phenoxy) is 1. The van der Waals surface area contributed by atoms with Gasteiger partial charge in [0, 0.05) is 19.6 Å². The maximum Gasteiger partial charge on any atom is 0.410 e. The zero-order valence-electron chi connectivity index (χ0n) is 10.5. The number of carbonyl (C=O) groups excluding carboxylic acids is 2. The summed E-state index contributed by atoms with van der Waals surface area (Å²) in [5.74, 6) is -0.0363. The lowest BCUT2D eigenvalue weighted by Gasteiger charge is -2.47. The van der Waals surface area contributed by atoms with Gasteiger partial charge in [0.05, 0.1) is 6.54 Å². The summed E-state index contributed by atoms with van der Waals surface area (Å²) < 4.78 is 5.30. The van der Waals surface area contributed by atoms with Crippen LogP contribution >= 0.6 is 0 Å². The molecule has 2 rings (SSSR count). The van der Waals surface area contributed by atoms with E-state index in [0.717, 1.165) is 0 Å². The molecule has 0 aromatic carbocycles. The third kappa shape index (κ3) is 2.36. The zero-order valence-corrected chi connectivity index (χ0v) is 10.5. The van der Waals surface area contributed by atoms with Crippen LogP contribution in [0.4, 0.5) is 4.79 Å². The van der Waals surface area contributed by atoms with Crippen LogP contribution in [0.2, 0.25) is 0 Å². The van der Waals surface area contributed by atoms with Gasteiger partial charge in [0.1, 0.15) is 11.1 Å². The van der Waals surface area contributed by atoms with Crippen molar-refractivity contribution < 1.29 is 14.3 Å². The Labute approximate surface area is 101 Å². The second-order valence-corrected chi connectivity index (χ2v) is 5.59. The van der Waals surface area contributed by atoms with Gasteiger partial charge in [0.15, 0.2) is 0 Å². The zero-order chi connectivity index (χ0) is 12.7. The molecule has 2 amide bonds. The molecule has 1 atom stereocenters. The summed E-state index contributed by atoms with van der Waals surface area (Å²) in [5.41, 5.74) is -1.09. The molecular formula is C11H19N3O3. The molecule has 1 spiro atoms. The smallest absolute Gasteiger partial charge is 0.410 e. The molecule has 2 aliphatic heterocycles. The Morgan fingerprint density at radius 1 is 1.47 bits per heavy atom. The van der Waals surface area contributed by atoms with E-state index < -0.39 is 11.1 Å². The Morgan fingerprint density at radius 3 is 2.65 bits per heavy atom. The predicted octanol–water partition coefficient (Wildman–Crippen LogP) is -0.305. The highest BCUT2D eigenvalue weighted by molar-refractivity contribution is 5.93. The number of hydrogen-bond acceptors (Lipinski definition) is 4. The van der Waals surface area contributed by atoms with Crippen molar-refractivity contribution in [3.05, 3.63) is 0 Å². The highest BCUT2D eigenvalue weighted by Gasteiger charge is 2.50. The lowest BCUT2D eigenvalue weighted by Crippen LogP contribution is -2.79. The van der Waals surface area contributed by atoms with E-state index in [1.54, 1.807) is 4.90 Å². The Balaban J connectivity index is 1.98. The first-order chi connectivity index (χ1) is 7.82. The highest BCUT2D eigenvalue weighted by Crippen LogP contribution is 2.20. The molecule has 0 bridgehead atoms. The van der Waals surface area contributed by atoms with Crippen molar-refractivity contribution >= 4 is 12.0 Å². The van der Waals surface area contributed by atoms with Crippen molar-refractivity contribution in [2.75, 3.05) is 26.2 Å². The van der Waals surface area contributed by atoms with Gasteiger partial charge in [-0.2, -0.15) is 0 Å². The fourth-order valence-electron chi connectivity index (χ4n) is 2.02. The molecule has 2 fully saturated rings. The van der Waals surface area contributed by atoms with E-state index in [2.05, 4.69) is 10.6 Å². The van der Waals surface area contributed by atoms with Crippen molar-refractivity contribution in [3.8, 4) is 0 Å². The molecule has 0 aliphatic carbocycles. The normalized spacial score (nSPS) is 28.6. The Morgan fingerprint density at radius 2 is 2.18 bits per heavy atom. The summed E-state index contributed by atoms with van der Waals surface area (Å²) in [7, 11) is 0. The third-order valence-electron chi connectivity index (χ3n) is 2.94. The number of piperazine rings is 1. The van der Waals surface area contributed by atoms with E-state index in [4.69, 9.17) is 4.74 Å². The van der Waals surface area contributed by atoms with Crippen molar-refractivity contribution in [2.24, 2.45) is 0 Å². The molecule has 2 saturated heterocycles. The summed E-state index contributed by atoms with van der Waals surface area (Å²) in [6.45, 7) is 7.65. The quantitative estimate of drug-likeness (QED) is 0.571. The fraction of sp³-hybridized carbons (Fsp3) is 0.818. The summed E-state index contributed by atoms with van der Waals surface area (Å²) in [5, 5.41) is 5.86. The van der Waals surface area contributed by atoms with Gasteiger partial charge in [-0.15, -0.1) is 0 Å². The molecule has 0 radical (unpaired) electrons. The molecule has 6 nitrogen and oxygen atoms in total. The maximum atomic E-state index is 11.9. The second-order valence-electron chi connectivity index (χ2n) is 5.59. The summed E-state index contributed by atoms with van der Waals surface area (Å²) in [4.78, 5) is 25.0. The molecule has 17 heavy (non-hydrogen) atoms. The molecule has 2 heterocycles. The van der Waals surface area contributed by atoms with Gasteiger partial charge < -0.3 is 15.0 Å². The van der Waals surface area contributed by atoms with E-state index in [0.29, 0.717) is 26.2 Å². The summed E-state index contributed by atoms with van der Waals surface area (Å²) in [6, 6.07) is 0. The number of nitrogens with zero attached hydrogens (tertiary/aromatic N) is 1. The van der Waals surface area contributed by atoms with Crippen LogP contribution < -0.4 is 10.6 Å². The van der Waals surface area contributed by atoms with Crippen LogP contribution in [0.1, 0.15) is 20.8 Å². The van der Waals surface area contributed by atoms with E-state index in [1.165, 1.54) is 0 Å². The number of amides is 2. The third-order valence-corrected chi connectivity index (χ3v) is 2.94.